The maximum atomic E-state index is 8.89. The number of unbranched alkanes of at least 4 members (excludes halogenated alkanes) is 45. The third-order valence-corrected chi connectivity index (χ3v) is 22.2. The molecule has 0 saturated carbocycles. The van der Waals surface area contributed by atoms with Crippen molar-refractivity contribution in [3.63, 3.8) is 0 Å². The van der Waals surface area contributed by atoms with Crippen LogP contribution in [-0.2, 0) is 4.79 Å². The molecule has 0 aromatic rings. The molecule has 3 heteroatoms. The summed E-state index contributed by atoms with van der Waals surface area (Å²) < 4.78 is 5.20. The minimum Gasteiger partial charge on any atom is -0.0654 e. The van der Waals surface area contributed by atoms with Gasteiger partial charge in [0.05, 0.1) is 0 Å². The van der Waals surface area contributed by atoms with Crippen LogP contribution >= 0.6 is 0 Å². The zero-order valence-electron chi connectivity index (χ0n) is 41.9. The average Bonchev–Trinajstić information content (AvgIpc) is 3.22. The number of aliphatic carboxylic acids is 1. The molecule has 0 heterocycles. The molecular weight excluding hydrogens is 823 g/mol. The molecule has 0 aliphatic rings. The number of carboxylic acids is 1. The van der Waals surface area contributed by atoms with Crippen molar-refractivity contribution in [3.05, 3.63) is 0 Å². The molecule has 0 rings (SSSR count). The predicted octanol–water partition coefficient (Wildman–Crippen LogP) is 20.0. The van der Waals surface area contributed by atoms with E-state index in [9.17, 15) is 0 Å². The molecule has 0 unspecified atom stereocenters. The van der Waals surface area contributed by atoms with E-state index in [-0.39, 0.29) is 0 Å². The first-order valence-corrected chi connectivity index (χ1v) is 34.1. The van der Waals surface area contributed by atoms with Crippen molar-refractivity contribution in [1.29, 1.82) is 0 Å². The van der Waals surface area contributed by atoms with Gasteiger partial charge in [-0.05, 0) is 6.92 Å². The van der Waals surface area contributed by atoms with Gasteiger partial charge in [0.1, 0.15) is 0 Å². The first kappa shape index (κ1) is 61.4. The SMILES string of the molecule is CC(=O)[O-].CCCCCCCCCCCCCCCCC[CH2][Sn+]([CH2]CCCCCCCCCCCCCCCCC)[CH2]CCCCCCCCCCCCCCCCC. The second kappa shape index (κ2) is 58.3. The number of carbonyl (C=O) groups excluding carboxylic acids is 1. The van der Waals surface area contributed by atoms with Crippen LogP contribution in [0.4, 0.5) is 0 Å². The van der Waals surface area contributed by atoms with Crippen LogP contribution in [0.25, 0.3) is 0 Å². The van der Waals surface area contributed by atoms with Crippen LogP contribution in [0.15, 0.2) is 0 Å². The summed E-state index contributed by atoms with van der Waals surface area (Å²) in [5.41, 5.74) is 0. The Bertz CT molecular complexity index is 635. The summed E-state index contributed by atoms with van der Waals surface area (Å²) in [4.78, 5) is 8.89. The van der Waals surface area contributed by atoms with Crippen molar-refractivity contribution in [2.24, 2.45) is 0 Å². The Labute approximate surface area is 382 Å². The van der Waals surface area contributed by atoms with Gasteiger partial charge in [-0.1, -0.05) is 117 Å². The van der Waals surface area contributed by atoms with E-state index in [0.717, 1.165) is 6.92 Å². The molecule has 0 atom stereocenters. The molecule has 0 bridgehead atoms. The van der Waals surface area contributed by atoms with Gasteiger partial charge in [-0.3, -0.25) is 0 Å². The van der Waals surface area contributed by atoms with Crippen molar-refractivity contribution in [2.45, 2.75) is 349 Å². The molecule has 354 valence electrons. The van der Waals surface area contributed by atoms with Gasteiger partial charge in [0.25, 0.3) is 0 Å². The van der Waals surface area contributed by atoms with Crippen LogP contribution in [0.2, 0.25) is 13.3 Å². The Morgan fingerprint density at radius 3 is 0.475 bits per heavy atom. The molecule has 0 spiro atoms. The minimum atomic E-state index is -1.16. The van der Waals surface area contributed by atoms with Gasteiger partial charge in [0.2, 0.25) is 0 Å². The van der Waals surface area contributed by atoms with E-state index in [1.807, 2.05) is 0 Å². The predicted molar refractivity (Wildman–Crippen MR) is 269 cm³/mol. The van der Waals surface area contributed by atoms with E-state index < -0.39 is 25.7 Å². The molecule has 0 amide bonds. The topological polar surface area (TPSA) is 40.1 Å². The summed E-state index contributed by atoms with van der Waals surface area (Å²) in [5, 5.41) is 8.89. The molecule has 0 saturated heterocycles. The van der Waals surface area contributed by atoms with E-state index >= 15 is 0 Å². The number of hydrogen-bond acceptors (Lipinski definition) is 2. The molecule has 0 fully saturated rings. The Morgan fingerprint density at radius 2 is 0.356 bits per heavy atom. The van der Waals surface area contributed by atoms with Gasteiger partial charge in [-0.25, -0.2) is 0 Å². The van der Waals surface area contributed by atoms with Crippen LogP contribution in [-0.4, -0.2) is 25.7 Å². The fourth-order valence-corrected chi connectivity index (χ4v) is 17.7. The fourth-order valence-electron chi connectivity index (χ4n) is 9.14. The standard InChI is InChI=1S/3C18H37.C2H4O2.Sn/c3*1-3-5-7-9-11-13-15-17-18-16-14-12-10-8-6-4-2;1-2(3)4;/h3*1,3-18H2,2H3;1H3,(H,3,4);/q;;;;+1/p-1. The zero-order chi connectivity index (χ0) is 43.2. The third-order valence-electron chi connectivity index (χ3n) is 13.2. The number of rotatable bonds is 51. The maximum absolute atomic E-state index is 8.89. The smallest absolute Gasteiger partial charge is 0.0654 e. The second-order valence-electron chi connectivity index (χ2n) is 19.4. The number of carbonyl (C=O) groups is 1. The summed E-state index contributed by atoms with van der Waals surface area (Å²) in [5.74, 6) is -1.08. The van der Waals surface area contributed by atoms with E-state index in [4.69, 9.17) is 9.90 Å². The molecule has 0 aliphatic heterocycles. The fraction of sp³-hybridized carbons (Fsp3) is 0.982. The Morgan fingerprint density at radius 1 is 0.254 bits per heavy atom. The number of carboxylic acid groups (broad SMARTS) is 1. The van der Waals surface area contributed by atoms with E-state index in [0.29, 0.717) is 0 Å². The quantitative estimate of drug-likeness (QED) is 0.0450. The summed E-state index contributed by atoms with van der Waals surface area (Å²) >= 11 is -1.16. The second-order valence-corrected chi connectivity index (χ2v) is 28.0. The molecule has 2 nitrogen and oxygen atoms in total. The number of hydrogen-bond donors (Lipinski definition) is 0. The van der Waals surface area contributed by atoms with Gasteiger partial charge < -0.3 is 9.90 Å². The molecule has 0 N–H and O–H groups in total. The van der Waals surface area contributed by atoms with Crippen molar-refractivity contribution in [1.82, 2.24) is 0 Å². The van der Waals surface area contributed by atoms with Crippen molar-refractivity contribution in [3.8, 4) is 0 Å². The van der Waals surface area contributed by atoms with Gasteiger partial charge >= 0.3 is 245 Å². The van der Waals surface area contributed by atoms with Gasteiger partial charge in [-0.2, -0.15) is 0 Å². The summed E-state index contributed by atoms with van der Waals surface area (Å²) in [7, 11) is 0. The van der Waals surface area contributed by atoms with E-state index in [1.54, 1.807) is 51.8 Å². The molecule has 59 heavy (non-hydrogen) atoms. The van der Waals surface area contributed by atoms with Crippen molar-refractivity contribution < 1.29 is 9.90 Å². The van der Waals surface area contributed by atoms with Crippen LogP contribution in [0.5, 0.6) is 0 Å². The average molecular weight is 938 g/mol. The minimum absolute atomic E-state index is 0.972. The van der Waals surface area contributed by atoms with Crippen LogP contribution < -0.4 is 5.11 Å². The van der Waals surface area contributed by atoms with E-state index in [2.05, 4.69) is 20.8 Å². The van der Waals surface area contributed by atoms with Crippen LogP contribution in [0, 0.1) is 0 Å². The molecule has 0 radical (unpaired) electrons. The van der Waals surface area contributed by atoms with Crippen molar-refractivity contribution >= 4 is 25.7 Å². The van der Waals surface area contributed by atoms with Crippen molar-refractivity contribution in [2.75, 3.05) is 0 Å². The summed E-state index contributed by atoms with van der Waals surface area (Å²) in [6.07, 6.45) is 72.0. The van der Waals surface area contributed by atoms with Crippen LogP contribution in [0.3, 0.4) is 0 Å². The summed E-state index contributed by atoms with van der Waals surface area (Å²) in [6.45, 7) is 7.94. The molecule has 0 aromatic carbocycles. The Balaban J connectivity index is 0. The van der Waals surface area contributed by atoms with E-state index in [1.165, 1.54) is 270 Å². The molecule has 0 aliphatic carbocycles. The summed E-state index contributed by atoms with van der Waals surface area (Å²) in [6, 6.07) is 0. The first-order chi connectivity index (χ1) is 29.1. The zero-order valence-corrected chi connectivity index (χ0v) is 44.7. The Kier molecular flexibility index (Phi) is 60.6. The molecular formula is C56H114O2Sn. The van der Waals surface area contributed by atoms with Gasteiger partial charge in [-0.15, -0.1) is 0 Å². The normalized spacial score (nSPS) is 11.3. The van der Waals surface area contributed by atoms with Gasteiger partial charge in [0.15, 0.2) is 0 Å². The Hall–Kier alpha value is 0.269. The van der Waals surface area contributed by atoms with Crippen LogP contribution in [0.1, 0.15) is 336 Å². The first-order valence-electron chi connectivity index (χ1n) is 28.1. The third kappa shape index (κ3) is 62.6. The monoisotopic (exact) mass is 939 g/mol. The van der Waals surface area contributed by atoms with Gasteiger partial charge in [0, 0.05) is 5.97 Å². The molecule has 0 aromatic heterocycles.